The number of nitrogens with zero attached hydrogens (tertiary/aromatic N) is 1. The van der Waals surface area contributed by atoms with E-state index < -0.39 is 11.8 Å². The lowest BCUT2D eigenvalue weighted by atomic mass is 9.98. The number of benzene rings is 1. The van der Waals surface area contributed by atoms with Gasteiger partial charge >= 0.3 is 5.97 Å². The second kappa shape index (κ2) is 6.22. The van der Waals surface area contributed by atoms with Crippen molar-refractivity contribution >= 4 is 11.9 Å². The van der Waals surface area contributed by atoms with E-state index >= 15 is 0 Å². The first-order chi connectivity index (χ1) is 9.90. The average Bonchev–Trinajstić information content (AvgIpc) is 2.40. The van der Waals surface area contributed by atoms with Crippen LogP contribution in [0.3, 0.4) is 0 Å². The average molecular weight is 294 g/mol. The van der Waals surface area contributed by atoms with Crippen molar-refractivity contribution in [2.24, 2.45) is 5.92 Å². The molecule has 0 radical (unpaired) electrons. The summed E-state index contributed by atoms with van der Waals surface area (Å²) < 4.78 is 14.0. The molecule has 114 valence electrons. The standard InChI is InChI=1S/C15H19FN2O3/c1-9(2)13-14(19)17-5-6-18(13)8-11-4-3-10(15(20)21)7-12(11)16/h3-4,7,9,13H,5-6,8H2,1-2H3,(H,17,19)(H,20,21). The molecule has 6 heteroatoms. The zero-order valence-corrected chi connectivity index (χ0v) is 12.1. The molecule has 0 aromatic heterocycles. The second-order valence-electron chi connectivity index (χ2n) is 5.56. The SMILES string of the molecule is CC(C)C1C(=O)NCCN1Cc1ccc(C(=O)O)cc1F. The lowest BCUT2D eigenvalue weighted by molar-refractivity contribution is -0.131. The Balaban J connectivity index is 2.20. The summed E-state index contributed by atoms with van der Waals surface area (Å²) in [5.74, 6) is -1.63. The third-order valence-electron chi connectivity index (χ3n) is 3.67. The molecular weight excluding hydrogens is 275 g/mol. The molecule has 2 rings (SSSR count). The van der Waals surface area contributed by atoms with E-state index in [1.807, 2.05) is 18.7 Å². The maximum Gasteiger partial charge on any atom is 0.335 e. The fourth-order valence-corrected chi connectivity index (χ4v) is 2.66. The minimum absolute atomic E-state index is 0.0428. The van der Waals surface area contributed by atoms with Gasteiger partial charge in [0.15, 0.2) is 0 Å². The van der Waals surface area contributed by atoms with Gasteiger partial charge in [0.05, 0.1) is 11.6 Å². The van der Waals surface area contributed by atoms with Gasteiger partial charge in [-0.2, -0.15) is 0 Å². The number of carboxylic acid groups (broad SMARTS) is 1. The van der Waals surface area contributed by atoms with Gasteiger partial charge in [-0.05, 0) is 18.1 Å². The number of carboxylic acids is 1. The minimum atomic E-state index is -1.15. The zero-order chi connectivity index (χ0) is 15.6. The van der Waals surface area contributed by atoms with Gasteiger partial charge in [0.2, 0.25) is 5.91 Å². The van der Waals surface area contributed by atoms with Crippen LogP contribution in [0.25, 0.3) is 0 Å². The van der Waals surface area contributed by atoms with E-state index in [9.17, 15) is 14.0 Å². The Morgan fingerprint density at radius 3 is 2.81 bits per heavy atom. The van der Waals surface area contributed by atoms with Crippen LogP contribution >= 0.6 is 0 Å². The number of nitrogens with one attached hydrogen (secondary N) is 1. The van der Waals surface area contributed by atoms with Gasteiger partial charge in [-0.15, -0.1) is 0 Å². The molecule has 1 aliphatic rings. The number of piperazine rings is 1. The van der Waals surface area contributed by atoms with Crippen molar-refractivity contribution in [3.63, 3.8) is 0 Å². The Morgan fingerprint density at radius 2 is 2.24 bits per heavy atom. The van der Waals surface area contributed by atoms with Gasteiger partial charge in [-0.25, -0.2) is 9.18 Å². The molecule has 1 fully saturated rings. The van der Waals surface area contributed by atoms with E-state index in [0.717, 1.165) is 6.07 Å². The summed E-state index contributed by atoms with van der Waals surface area (Å²) in [5, 5.41) is 11.7. The van der Waals surface area contributed by atoms with Gasteiger partial charge in [0.25, 0.3) is 0 Å². The highest BCUT2D eigenvalue weighted by molar-refractivity contribution is 5.87. The Kier molecular flexibility index (Phi) is 4.57. The van der Waals surface area contributed by atoms with Crippen molar-refractivity contribution in [3.8, 4) is 0 Å². The van der Waals surface area contributed by atoms with Gasteiger partial charge in [0.1, 0.15) is 5.82 Å². The van der Waals surface area contributed by atoms with Crippen molar-refractivity contribution in [1.82, 2.24) is 10.2 Å². The number of aromatic carboxylic acids is 1. The van der Waals surface area contributed by atoms with Crippen LogP contribution in [0, 0.1) is 11.7 Å². The number of halogens is 1. The van der Waals surface area contributed by atoms with Crippen LogP contribution in [0.5, 0.6) is 0 Å². The fourth-order valence-electron chi connectivity index (χ4n) is 2.66. The van der Waals surface area contributed by atoms with Crippen LogP contribution < -0.4 is 5.32 Å². The van der Waals surface area contributed by atoms with E-state index in [0.29, 0.717) is 25.2 Å². The predicted octanol–water partition coefficient (Wildman–Crippen LogP) is 1.48. The highest BCUT2D eigenvalue weighted by atomic mass is 19.1. The molecule has 1 aliphatic heterocycles. The van der Waals surface area contributed by atoms with Crippen LogP contribution in [0.2, 0.25) is 0 Å². The van der Waals surface area contributed by atoms with E-state index in [2.05, 4.69) is 5.32 Å². The molecule has 0 spiro atoms. The third-order valence-corrected chi connectivity index (χ3v) is 3.67. The molecular formula is C15H19FN2O3. The molecule has 2 N–H and O–H groups in total. The molecule has 1 atom stereocenters. The summed E-state index contributed by atoms with van der Waals surface area (Å²) >= 11 is 0. The monoisotopic (exact) mass is 294 g/mol. The van der Waals surface area contributed by atoms with Gasteiger partial charge in [0, 0.05) is 25.2 Å². The van der Waals surface area contributed by atoms with E-state index in [1.54, 1.807) is 0 Å². The van der Waals surface area contributed by atoms with Crippen LogP contribution in [0.4, 0.5) is 4.39 Å². The van der Waals surface area contributed by atoms with Crippen LogP contribution in [0.15, 0.2) is 18.2 Å². The zero-order valence-electron chi connectivity index (χ0n) is 12.1. The number of hydrogen-bond acceptors (Lipinski definition) is 3. The van der Waals surface area contributed by atoms with Crippen molar-refractivity contribution in [3.05, 3.63) is 35.1 Å². The van der Waals surface area contributed by atoms with E-state index in [-0.39, 0.29) is 23.4 Å². The lowest BCUT2D eigenvalue weighted by Crippen LogP contribution is -2.56. The Hall–Kier alpha value is -1.95. The number of amides is 1. The largest absolute Gasteiger partial charge is 0.478 e. The topological polar surface area (TPSA) is 69.6 Å². The summed E-state index contributed by atoms with van der Waals surface area (Å²) in [6.07, 6.45) is 0. The minimum Gasteiger partial charge on any atom is -0.478 e. The molecule has 1 aromatic rings. The first kappa shape index (κ1) is 15.4. The highest BCUT2D eigenvalue weighted by Crippen LogP contribution is 2.19. The van der Waals surface area contributed by atoms with E-state index in [1.165, 1.54) is 12.1 Å². The summed E-state index contributed by atoms with van der Waals surface area (Å²) in [4.78, 5) is 24.7. The number of carbonyl (C=O) groups excluding carboxylic acids is 1. The molecule has 1 aromatic carbocycles. The smallest absolute Gasteiger partial charge is 0.335 e. The van der Waals surface area contributed by atoms with Crippen LogP contribution in [-0.2, 0) is 11.3 Å². The molecule has 1 unspecified atom stereocenters. The van der Waals surface area contributed by atoms with Crippen molar-refractivity contribution in [2.45, 2.75) is 26.4 Å². The summed E-state index contributed by atoms with van der Waals surface area (Å²) in [6.45, 7) is 5.38. The molecule has 1 amide bonds. The summed E-state index contributed by atoms with van der Waals surface area (Å²) in [7, 11) is 0. The van der Waals surface area contributed by atoms with Crippen molar-refractivity contribution in [2.75, 3.05) is 13.1 Å². The lowest BCUT2D eigenvalue weighted by Gasteiger charge is -2.37. The Labute approximate surface area is 122 Å². The van der Waals surface area contributed by atoms with E-state index in [4.69, 9.17) is 5.11 Å². The van der Waals surface area contributed by atoms with Gasteiger partial charge < -0.3 is 10.4 Å². The number of hydrogen-bond donors (Lipinski definition) is 2. The quantitative estimate of drug-likeness (QED) is 0.882. The molecule has 0 bridgehead atoms. The molecule has 5 nitrogen and oxygen atoms in total. The first-order valence-electron chi connectivity index (χ1n) is 6.93. The predicted molar refractivity (Wildman–Crippen MR) is 75.4 cm³/mol. The summed E-state index contributed by atoms with van der Waals surface area (Å²) in [5.41, 5.74) is 0.327. The van der Waals surface area contributed by atoms with Gasteiger partial charge in [-0.3, -0.25) is 9.69 Å². The third kappa shape index (κ3) is 3.39. The Morgan fingerprint density at radius 1 is 1.52 bits per heavy atom. The highest BCUT2D eigenvalue weighted by Gasteiger charge is 2.32. The van der Waals surface area contributed by atoms with Crippen LogP contribution in [-0.4, -0.2) is 41.0 Å². The Bertz CT molecular complexity index is 560. The molecule has 0 saturated carbocycles. The number of rotatable bonds is 4. The first-order valence-corrected chi connectivity index (χ1v) is 6.93. The normalized spacial score (nSPS) is 19.6. The molecule has 21 heavy (non-hydrogen) atoms. The second-order valence-corrected chi connectivity index (χ2v) is 5.56. The van der Waals surface area contributed by atoms with Gasteiger partial charge in [-0.1, -0.05) is 19.9 Å². The fraction of sp³-hybridized carbons (Fsp3) is 0.467. The molecule has 1 saturated heterocycles. The number of carbonyl (C=O) groups is 2. The maximum atomic E-state index is 14.0. The molecule has 1 heterocycles. The van der Waals surface area contributed by atoms with Crippen molar-refractivity contribution < 1.29 is 19.1 Å². The summed E-state index contributed by atoms with van der Waals surface area (Å²) in [6, 6.07) is 3.58. The van der Waals surface area contributed by atoms with Crippen LogP contribution in [0.1, 0.15) is 29.8 Å². The maximum absolute atomic E-state index is 14.0. The van der Waals surface area contributed by atoms with Crippen molar-refractivity contribution in [1.29, 1.82) is 0 Å². The molecule has 0 aliphatic carbocycles.